The van der Waals surface area contributed by atoms with E-state index in [9.17, 15) is 21.2 Å². The van der Waals surface area contributed by atoms with Gasteiger partial charge in [0.25, 0.3) is 0 Å². The van der Waals surface area contributed by atoms with Crippen LogP contribution in [0.25, 0.3) is 0 Å². The first-order valence-electron chi connectivity index (χ1n) is 8.00. The molecule has 0 atom stereocenters. The summed E-state index contributed by atoms with van der Waals surface area (Å²) >= 11 is 0. The Bertz CT molecular complexity index is 1040. The first-order valence-corrected chi connectivity index (χ1v) is 11.5. The number of hydrogen-bond acceptors (Lipinski definition) is 4. The van der Waals surface area contributed by atoms with Gasteiger partial charge in [-0.15, -0.1) is 0 Å². The number of aryl methyl sites for hydroxylation is 1. The third-order valence-electron chi connectivity index (χ3n) is 4.20. The van der Waals surface area contributed by atoms with Crippen LogP contribution in [-0.2, 0) is 32.9 Å². The van der Waals surface area contributed by atoms with Gasteiger partial charge < -0.3 is 0 Å². The lowest BCUT2D eigenvalue weighted by Gasteiger charge is -2.16. The predicted molar refractivity (Wildman–Crippen MR) is 99.8 cm³/mol. The summed E-state index contributed by atoms with van der Waals surface area (Å²) in [7, 11) is -7.01. The molecule has 0 aromatic heterocycles. The molecule has 1 aliphatic heterocycles. The van der Waals surface area contributed by atoms with Gasteiger partial charge in [0.05, 0.1) is 17.7 Å². The van der Waals surface area contributed by atoms with E-state index in [0.29, 0.717) is 29.9 Å². The van der Waals surface area contributed by atoms with E-state index in [1.165, 1.54) is 16.4 Å². The number of anilines is 2. The maximum atomic E-state index is 13.6. The lowest BCUT2D eigenvalue weighted by atomic mass is 10.1. The molecule has 0 unspecified atom stereocenters. The fourth-order valence-electron chi connectivity index (χ4n) is 2.96. The molecule has 9 heteroatoms. The second-order valence-corrected chi connectivity index (χ2v) is 9.94. The molecule has 0 saturated heterocycles. The highest BCUT2D eigenvalue weighted by Crippen LogP contribution is 2.32. The molecule has 2 aromatic rings. The van der Waals surface area contributed by atoms with Crippen molar-refractivity contribution in [3.05, 3.63) is 59.4 Å². The predicted octanol–water partition coefficient (Wildman–Crippen LogP) is 2.13. The molecule has 0 fully saturated rings. The van der Waals surface area contributed by atoms with E-state index in [1.807, 2.05) is 0 Å². The maximum Gasteiger partial charge on any atom is 0.233 e. The molecule has 6 nitrogen and oxygen atoms in total. The Morgan fingerprint density at radius 1 is 1.12 bits per heavy atom. The molecule has 1 N–H and O–H groups in total. The monoisotopic (exact) mass is 398 g/mol. The van der Waals surface area contributed by atoms with Gasteiger partial charge in [0.15, 0.2) is 0 Å². The van der Waals surface area contributed by atoms with Crippen LogP contribution in [0, 0.1) is 5.82 Å². The first kappa shape index (κ1) is 18.7. The number of sulfonamides is 2. The Morgan fingerprint density at radius 2 is 1.85 bits per heavy atom. The van der Waals surface area contributed by atoms with Crippen molar-refractivity contribution in [2.45, 2.75) is 12.8 Å². The van der Waals surface area contributed by atoms with Gasteiger partial charge in [0, 0.05) is 12.2 Å². The second kappa shape index (κ2) is 6.88. The molecular formula is C17H19FN2O4S2. The van der Waals surface area contributed by atoms with Crippen LogP contribution in [0.3, 0.4) is 0 Å². The van der Waals surface area contributed by atoms with Crippen molar-refractivity contribution in [2.24, 2.45) is 0 Å². The lowest BCUT2D eigenvalue weighted by molar-refractivity contribution is 0.594. The number of fused-ring (bicyclic) bond motifs is 1. The van der Waals surface area contributed by atoms with Crippen LogP contribution in [0.1, 0.15) is 11.1 Å². The Kier molecular flexibility index (Phi) is 4.94. The van der Waals surface area contributed by atoms with Crippen molar-refractivity contribution < 1.29 is 21.2 Å². The van der Waals surface area contributed by atoms with Crippen LogP contribution in [0.5, 0.6) is 0 Å². The van der Waals surface area contributed by atoms with E-state index in [-0.39, 0.29) is 12.2 Å². The van der Waals surface area contributed by atoms with Crippen LogP contribution in [-0.4, -0.2) is 35.4 Å². The van der Waals surface area contributed by atoms with Crippen molar-refractivity contribution >= 4 is 31.4 Å². The number of benzene rings is 2. The molecule has 140 valence electrons. The molecule has 0 saturated carbocycles. The van der Waals surface area contributed by atoms with Gasteiger partial charge in [-0.3, -0.25) is 9.03 Å². The molecule has 0 aliphatic carbocycles. The Hall–Kier alpha value is -2.13. The van der Waals surface area contributed by atoms with E-state index >= 15 is 0 Å². The smallest absolute Gasteiger partial charge is 0.233 e. The summed E-state index contributed by atoms with van der Waals surface area (Å²) in [5.41, 5.74) is 2.05. The SMILES string of the molecule is CS(=O)(=O)N1CCc2cc(NS(=O)(=O)CCc3ccccc3F)ccc21. The number of hydrogen-bond donors (Lipinski definition) is 1. The minimum absolute atomic E-state index is 0.0643. The standard InChI is InChI=1S/C17H19FN2O4S2/c1-25(21,22)20-10-8-14-12-15(6-7-17(14)20)19-26(23,24)11-9-13-4-2-3-5-16(13)18/h2-7,12,19H,8-11H2,1H3. The van der Waals surface area contributed by atoms with Crippen molar-refractivity contribution in [1.82, 2.24) is 0 Å². The molecule has 26 heavy (non-hydrogen) atoms. The van der Waals surface area contributed by atoms with Crippen molar-refractivity contribution in [3.63, 3.8) is 0 Å². The third kappa shape index (κ3) is 4.16. The quantitative estimate of drug-likeness (QED) is 0.808. The topological polar surface area (TPSA) is 83.6 Å². The molecule has 1 aliphatic rings. The summed E-state index contributed by atoms with van der Waals surface area (Å²) in [6.45, 7) is 0.345. The summed E-state index contributed by atoms with van der Waals surface area (Å²) in [5, 5.41) is 0. The van der Waals surface area contributed by atoms with Crippen molar-refractivity contribution in [3.8, 4) is 0 Å². The van der Waals surface area contributed by atoms with Crippen LogP contribution in [0.4, 0.5) is 15.8 Å². The Labute approximate surface area is 152 Å². The van der Waals surface area contributed by atoms with E-state index < -0.39 is 25.9 Å². The first-order chi connectivity index (χ1) is 12.2. The molecule has 3 rings (SSSR count). The Morgan fingerprint density at radius 3 is 2.54 bits per heavy atom. The van der Waals surface area contributed by atoms with Crippen LogP contribution in [0.15, 0.2) is 42.5 Å². The minimum Gasteiger partial charge on any atom is -0.284 e. The number of nitrogens with zero attached hydrogens (tertiary/aromatic N) is 1. The molecule has 0 radical (unpaired) electrons. The summed E-state index contributed by atoms with van der Waals surface area (Å²) in [4.78, 5) is 0. The van der Waals surface area contributed by atoms with E-state index in [0.717, 1.165) is 11.8 Å². The summed E-state index contributed by atoms with van der Waals surface area (Å²) in [5.74, 6) is -0.679. The zero-order valence-electron chi connectivity index (χ0n) is 14.1. The average molecular weight is 398 g/mol. The highest BCUT2D eigenvalue weighted by molar-refractivity contribution is 7.92. The van der Waals surface area contributed by atoms with Crippen LogP contribution >= 0.6 is 0 Å². The fourth-order valence-corrected chi connectivity index (χ4v) is 4.99. The summed E-state index contributed by atoms with van der Waals surface area (Å²) in [6, 6.07) is 10.8. The van der Waals surface area contributed by atoms with Crippen molar-refractivity contribution in [2.75, 3.05) is 27.6 Å². The molecule has 1 heterocycles. The van der Waals surface area contributed by atoms with E-state index in [4.69, 9.17) is 0 Å². The molecular weight excluding hydrogens is 379 g/mol. The number of rotatable bonds is 6. The van der Waals surface area contributed by atoms with Crippen molar-refractivity contribution in [1.29, 1.82) is 0 Å². The third-order valence-corrected chi connectivity index (χ3v) is 6.67. The van der Waals surface area contributed by atoms with Gasteiger partial charge in [-0.2, -0.15) is 0 Å². The fraction of sp³-hybridized carbons (Fsp3) is 0.294. The summed E-state index contributed by atoms with van der Waals surface area (Å²) < 4.78 is 65.4. The maximum absolute atomic E-state index is 13.6. The number of nitrogens with one attached hydrogen (secondary N) is 1. The normalized spacial score (nSPS) is 14.3. The minimum atomic E-state index is -3.66. The Balaban J connectivity index is 1.72. The molecule has 0 bridgehead atoms. The average Bonchev–Trinajstić information content (AvgIpc) is 2.97. The van der Waals surface area contributed by atoms with Crippen LogP contribution < -0.4 is 9.03 Å². The lowest BCUT2D eigenvalue weighted by Crippen LogP contribution is -2.27. The van der Waals surface area contributed by atoms with Gasteiger partial charge in [0.1, 0.15) is 5.82 Å². The molecule has 2 aromatic carbocycles. The highest BCUT2D eigenvalue weighted by atomic mass is 32.2. The van der Waals surface area contributed by atoms with Gasteiger partial charge in [-0.05, 0) is 48.2 Å². The largest absolute Gasteiger partial charge is 0.284 e. The zero-order valence-corrected chi connectivity index (χ0v) is 15.8. The highest BCUT2D eigenvalue weighted by Gasteiger charge is 2.26. The van der Waals surface area contributed by atoms with E-state index in [2.05, 4.69) is 4.72 Å². The summed E-state index contributed by atoms with van der Waals surface area (Å²) in [6.07, 6.45) is 1.73. The van der Waals surface area contributed by atoms with Gasteiger partial charge in [-0.25, -0.2) is 21.2 Å². The van der Waals surface area contributed by atoms with Gasteiger partial charge >= 0.3 is 0 Å². The van der Waals surface area contributed by atoms with Gasteiger partial charge in [-0.1, -0.05) is 18.2 Å². The molecule has 0 spiro atoms. The molecule has 0 amide bonds. The van der Waals surface area contributed by atoms with Crippen LogP contribution in [0.2, 0.25) is 0 Å². The second-order valence-electron chi connectivity index (χ2n) is 6.19. The number of halogens is 1. The van der Waals surface area contributed by atoms with E-state index in [1.54, 1.807) is 30.3 Å². The van der Waals surface area contributed by atoms with Gasteiger partial charge in [0.2, 0.25) is 20.0 Å². The zero-order chi connectivity index (χ0) is 18.9.